The third kappa shape index (κ3) is 2.83. The minimum absolute atomic E-state index is 0.0663. The predicted octanol–water partition coefficient (Wildman–Crippen LogP) is 1.20. The molecule has 0 aliphatic heterocycles. The van der Waals surface area contributed by atoms with Crippen molar-refractivity contribution in [1.29, 1.82) is 0 Å². The van der Waals surface area contributed by atoms with Gasteiger partial charge in [-0.25, -0.2) is 0 Å². The molecule has 0 amide bonds. The molecule has 2 rings (SSSR count). The van der Waals surface area contributed by atoms with Gasteiger partial charge < -0.3 is 11.1 Å². The fourth-order valence-electron chi connectivity index (χ4n) is 2.22. The van der Waals surface area contributed by atoms with Gasteiger partial charge in [-0.3, -0.25) is 4.68 Å². The van der Waals surface area contributed by atoms with Crippen LogP contribution in [0.15, 0.2) is 12.4 Å². The van der Waals surface area contributed by atoms with Crippen molar-refractivity contribution in [3.63, 3.8) is 0 Å². The minimum atomic E-state index is 0.0663. The number of nitrogens with one attached hydrogen (secondary N) is 1. The van der Waals surface area contributed by atoms with Crippen LogP contribution in [-0.2, 0) is 7.05 Å². The largest absolute Gasteiger partial charge is 0.323 e. The number of nitrogens with zero attached hydrogens (tertiary/aromatic N) is 2. The molecule has 0 radical (unpaired) electrons. The highest BCUT2D eigenvalue weighted by Gasteiger charge is 2.35. The lowest BCUT2D eigenvalue weighted by molar-refractivity contribution is 0.555. The molecular weight excluding hydrogens is 200 g/mol. The molecule has 1 fully saturated rings. The summed E-state index contributed by atoms with van der Waals surface area (Å²) in [5, 5.41) is 7.67. The van der Waals surface area contributed by atoms with Gasteiger partial charge in [0.1, 0.15) is 0 Å². The van der Waals surface area contributed by atoms with Crippen LogP contribution in [0.4, 0.5) is 0 Å². The zero-order valence-corrected chi connectivity index (χ0v) is 10.2. The number of aromatic nitrogens is 2. The number of rotatable bonds is 6. The second kappa shape index (κ2) is 4.97. The third-order valence-corrected chi connectivity index (χ3v) is 3.34. The van der Waals surface area contributed by atoms with E-state index in [1.165, 1.54) is 19.3 Å². The molecule has 3 atom stereocenters. The van der Waals surface area contributed by atoms with Crippen LogP contribution in [0.2, 0.25) is 0 Å². The smallest absolute Gasteiger partial charge is 0.0537 e. The maximum absolute atomic E-state index is 6.09. The summed E-state index contributed by atoms with van der Waals surface area (Å²) in [6.45, 7) is 3.10. The van der Waals surface area contributed by atoms with Gasteiger partial charge in [-0.1, -0.05) is 13.3 Å². The summed E-state index contributed by atoms with van der Waals surface area (Å²) >= 11 is 0. The lowest BCUT2D eigenvalue weighted by Gasteiger charge is -2.10. The maximum Gasteiger partial charge on any atom is 0.0537 e. The summed E-state index contributed by atoms with van der Waals surface area (Å²) in [5.74, 6) is 0.895. The molecule has 1 aliphatic rings. The van der Waals surface area contributed by atoms with Gasteiger partial charge in [0.05, 0.1) is 6.20 Å². The molecule has 0 spiro atoms. The normalized spacial score (nSPS) is 25.7. The Balaban J connectivity index is 1.71. The van der Waals surface area contributed by atoms with Gasteiger partial charge in [0.2, 0.25) is 0 Å². The van der Waals surface area contributed by atoms with Crippen LogP contribution in [0, 0.1) is 5.92 Å². The van der Waals surface area contributed by atoms with E-state index in [1.807, 2.05) is 19.4 Å². The molecule has 4 heteroatoms. The molecule has 90 valence electrons. The van der Waals surface area contributed by atoms with Crippen LogP contribution in [0.1, 0.15) is 37.8 Å². The summed E-state index contributed by atoms with van der Waals surface area (Å²) < 4.78 is 1.80. The molecule has 0 bridgehead atoms. The maximum atomic E-state index is 6.09. The number of hydrogen-bond donors (Lipinski definition) is 2. The number of aryl methyl sites for hydroxylation is 1. The first-order chi connectivity index (χ1) is 7.70. The second-order valence-electron chi connectivity index (χ2n) is 4.85. The van der Waals surface area contributed by atoms with Crippen LogP contribution in [0.25, 0.3) is 0 Å². The molecule has 1 saturated carbocycles. The van der Waals surface area contributed by atoms with Crippen LogP contribution in [0.5, 0.6) is 0 Å². The van der Waals surface area contributed by atoms with Crippen molar-refractivity contribution in [3.05, 3.63) is 18.0 Å². The lowest BCUT2D eigenvalue weighted by Crippen LogP contribution is -2.29. The molecule has 3 unspecified atom stereocenters. The first-order valence-electron chi connectivity index (χ1n) is 6.18. The van der Waals surface area contributed by atoms with E-state index in [4.69, 9.17) is 5.73 Å². The SMILES string of the molecule is CCCC1CC1NCC(N)c1cnn(C)c1. The molecule has 0 aromatic carbocycles. The topological polar surface area (TPSA) is 55.9 Å². The Morgan fingerprint density at radius 2 is 2.50 bits per heavy atom. The van der Waals surface area contributed by atoms with Crippen LogP contribution < -0.4 is 11.1 Å². The van der Waals surface area contributed by atoms with Gasteiger partial charge in [-0.05, 0) is 18.8 Å². The summed E-state index contributed by atoms with van der Waals surface area (Å²) in [5.41, 5.74) is 7.20. The Morgan fingerprint density at radius 3 is 3.12 bits per heavy atom. The van der Waals surface area contributed by atoms with E-state index >= 15 is 0 Å². The van der Waals surface area contributed by atoms with Crippen molar-refractivity contribution in [2.24, 2.45) is 18.7 Å². The Hall–Kier alpha value is -0.870. The summed E-state index contributed by atoms with van der Waals surface area (Å²) in [6.07, 6.45) is 7.80. The van der Waals surface area contributed by atoms with Crippen molar-refractivity contribution in [2.75, 3.05) is 6.54 Å². The average Bonchev–Trinajstić information content (AvgIpc) is 2.85. The minimum Gasteiger partial charge on any atom is -0.323 e. The van der Waals surface area contributed by atoms with E-state index in [2.05, 4.69) is 17.3 Å². The molecule has 1 heterocycles. The average molecular weight is 222 g/mol. The number of nitrogens with two attached hydrogens (primary N) is 1. The van der Waals surface area contributed by atoms with E-state index in [0.29, 0.717) is 6.04 Å². The highest BCUT2D eigenvalue weighted by atomic mass is 15.2. The van der Waals surface area contributed by atoms with Gasteiger partial charge >= 0.3 is 0 Å². The first-order valence-corrected chi connectivity index (χ1v) is 6.18. The van der Waals surface area contributed by atoms with E-state index in [0.717, 1.165) is 18.0 Å². The van der Waals surface area contributed by atoms with E-state index in [9.17, 15) is 0 Å². The number of hydrogen-bond acceptors (Lipinski definition) is 3. The van der Waals surface area contributed by atoms with Gasteiger partial charge in [0.25, 0.3) is 0 Å². The van der Waals surface area contributed by atoms with Crippen LogP contribution >= 0.6 is 0 Å². The van der Waals surface area contributed by atoms with Gasteiger partial charge in [-0.15, -0.1) is 0 Å². The van der Waals surface area contributed by atoms with E-state index < -0.39 is 0 Å². The van der Waals surface area contributed by atoms with Crippen LogP contribution in [0.3, 0.4) is 0 Å². The zero-order chi connectivity index (χ0) is 11.5. The molecular formula is C12H22N4. The molecule has 1 aliphatic carbocycles. The van der Waals surface area contributed by atoms with E-state index in [-0.39, 0.29) is 6.04 Å². The molecule has 1 aromatic heterocycles. The summed E-state index contributed by atoms with van der Waals surface area (Å²) in [7, 11) is 1.92. The van der Waals surface area contributed by atoms with Crippen molar-refractivity contribution in [2.45, 2.75) is 38.3 Å². The summed E-state index contributed by atoms with van der Waals surface area (Å²) in [4.78, 5) is 0. The van der Waals surface area contributed by atoms with Gasteiger partial charge in [0.15, 0.2) is 0 Å². The summed E-state index contributed by atoms with van der Waals surface area (Å²) in [6, 6.07) is 0.777. The quantitative estimate of drug-likeness (QED) is 0.760. The molecule has 16 heavy (non-hydrogen) atoms. The fraction of sp³-hybridized carbons (Fsp3) is 0.750. The van der Waals surface area contributed by atoms with Gasteiger partial charge in [-0.2, -0.15) is 5.10 Å². The third-order valence-electron chi connectivity index (χ3n) is 3.34. The highest BCUT2D eigenvalue weighted by molar-refractivity contribution is 5.10. The van der Waals surface area contributed by atoms with Crippen molar-refractivity contribution >= 4 is 0 Å². The Labute approximate surface area is 97.2 Å². The zero-order valence-electron chi connectivity index (χ0n) is 10.2. The van der Waals surface area contributed by atoms with Crippen molar-refractivity contribution < 1.29 is 0 Å². The Bertz CT molecular complexity index is 334. The molecule has 1 aromatic rings. The monoisotopic (exact) mass is 222 g/mol. The molecule has 4 nitrogen and oxygen atoms in total. The standard InChI is InChI=1S/C12H22N4/c1-3-4-9-5-12(9)14-7-11(13)10-6-15-16(2)8-10/h6,8-9,11-12,14H,3-5,7,13H2,1-2H3. The van der Waals surface area contributed by atoms with Crippen LogP contribution in [-0.4, -0.2) is 22.4 Å². The fourth-order valence-corrected chi connectivity index (χ4v) is 2.22. The van der Waals surface area contributed by atoms with Crippen molar-refractivity contribution in [1.82, 2.24) is 15.1 Å². The Kier molecular flexibility index (Phi) is 3.61. The highest BCUT2D eigenvalue weighted by Crippen LogP contribution is 2.34. The second-order valence-corrected chi connectivity index (χ2v) is 4.85. The van der Waals surface area contributed by atoms with E-state index in [1.54, 1.807) is 4.68 Å². The molecule has 3 N–H and O–H groups in total. The molecule has 0 saturated heterocycles. The van der Waals surface area contributed by atoms with Crippen molar-refractivity contribution in [3.8, 4) is 0 Å². The predicted molar refractivity (Wildman–Crippen MR) is 64.9 cm³/mol. The first kappa shape index (κ1) is 11.6. The van der Waals surface area contributed by atoms with Gasteiger partial charge in [0, 0.05) is 37.4 Å². The lowest BCUT2D eigenvalue weighted by atomic mass is 10.2. The Morgan fingerprint density at radius 1 is 1.69 bits per heavy atom.